The molecule has 0 amide bonds. The molecule has 0 aliphatic carbocycles. The minimum Gasteiger partial charge on any atom is -0.504 e. The average Bonchev–Trinajstić information content (AvgIpc) is 2.68. The van der Waals surface area contributed by atoms with Gasteiger partial charge in [-0.15, -0.1) is 0 Å². The summed E-state index contributed by atoms with van der Waals surface area (Å²) in [6, 6.07) is 11.6. The van der Waals surface area contributed by atoms with Gasteiger partial charge in [0.25, 0.3) is 0 Å². The van der Waals surface area contributed by atoms with E-state index in [-0.39, 0.29) is 22.3 Å². The Morgan fingerprint density at radius 3 is 2.11 bits per heavy atom. The average molecular weight is 378 g/mol. The van der Waals surface area contributed by atoms with Crippen molar-refractivity contribution >= 4 is 10.9 Å². The summed E-state index contributed by atoms with van der Waals surface area (Å²) < 4.78 is 0. The molecule has 0 spiro atoms. The largest absolute Gasteiger partial charge is 0.504 e. The Hall–Kier alpha value is -2.55. The highest BCUT2D eigenvalue weighted by Gasteiger charge is 2.26. The summed E-state index contributed by atoms with van der Waals surface area (Å²) >= 11 is 0. The van der Waals surface area contributed by atoms with Crippen molar-refractivity contribution in [3.8, 4) is 22.6 Å². The summed E-state index contributed by atoms with van der Waals surface area (Å²) in [6.45, 7) is 13.3. The van der Waals surface area contributed by atoms with Gasteiger partial charge in [0.15, 0.2) is 11.5 Å². The summed E-state index contributed by atoms with van der Waals surface area (Å²) in [4.78, 5) is 4.82. The van der Waals surface area contributed by atoms with Gasteiger partial charge >= 0.3 is 0 Å². The van der Waals surface area contributed by atoms with Gasteiger partial charge in [-0.05, 0) is 64.1 Å². The Balaban J connectivity index is 2.35. The highest BCUT2D eigenvalue weighted by Crippen LogP contribution is 2.42. The van der Waals surface area contributed by atoms with E-state index in [2.05, 4.69) is 59.7 Å². The monoisotopic (exact) mass is 377 g/mol. The first-order chi connectivity index (χ1) is 13.1. The minimum atomic E-state index is -0.106. The zero-order chi connectivity index (χ0) is 20.7. The lowest BCUT2D eigenvalue weighted by molar-refractivity contribution is 0.404. The van der Waals surface area contributed by atoms with E-state index in [1.807, 2.05) is 12.3 Å². The SMILES string of the molecule is CCC(C)(C)c1ccc2c(-c3ccc(O)c(O)c3)c(C(C)(C)CC)cnc2c1. The number of aromatic nitrogens is 1. The van der Waals surface area contributed by atoms with Crippen LogP contribution in [0.15, 0.2) is 42.6 Å². The Kier molecular flexibility index (Phi) is 5.14. The van der Waals surface area contributed by atoms with Gasteiger partial charge < -0.3 is 10.2 Å². The van der Waals surface area contributed by atoms with Crippen LogP contribution >= 0.6 is 0 Å². The molecule has 28 heavy (non-hydrogen) atoms. The van der Waals surface area contributed by atoms with Gasteiger partial charge in [-0.3, -0.25) is 4.98 Å². The number of aromatic hydroxyl groups is 2. The fourth-order valence-corrected chi connectivity index (χ4v) is 3.51. The topological polar surface area (TPSA) is 53.4 Å². The molecule has 0 saturated carbocycles. The second-order valence-corrected chi connectivity index (χ2v) is 8.96. The standard InChI is InChI=1S/C25H31NO2/c1-7-24(3,4)17-10-11-18-20(14-17)26-15-19(25(5,6)8-2)23(18)16-9-12-21(27)22(28)13-16/h9-15,27-28H,7-8H2,1-6H3. The van der Waals surface area contributed by atoms with Crippen molar-refractivity contribution in [1.82, 2.24) is 4.98 Å². The third-order valence-corrected chi connectivity index (χ3v) is 6.41. The zero-order valence-corrected chi connectivity index (χ0v) is 17.8. The van der Waals surface area contributed by atoms with Crippen molar-refractivity contribution in [2.45, 2.75) is 65.2 Å². The van der Waals surface area contributed by atoms with E-state index in [0.29, 0.717) is 0 Å². The molecule has 0 saturated heterocycles. The number of rotatable bonds is 5. The minimum absolute atomic E-state index is 0.0641. The summed E-state index contributed by atoms with van der Waals surface area (Å²) in [6.07, 6.45) is 4.00. The fraction of sp³-hybridized carbons (Fsp3) is 0.400. The maximum atomic E-state index is 10.1. The normalized spacial score (nSPS) is 12.5. The Bertz CT molecular complexity index is 1020. The molecule has 3 heteroatoms. The van der Waals surface area contributed by atoms with Gasteiger partial charge in [0, 0.05) is 11.6 Å². The second kappa shape index (κ2) is 7.12. The zero-order valence-electron chi connectivity index (χ0n) is 17.8. The first kappa shape index (κ1) is 20.2. The second-order valence-electron chi connectivity index (χ2n) is 8.96. The molecule has 2 aromatic carbocycles. The van der Waals surface area contributed by atoms with Crippen LogP contribution in [-0.2, 0) is 10.8 Å². The van der Waals surface area contributed by atoms with Crippen molar-refractivity contribution < 1.29 is 10.2 Å². The van der Waals surface area contributed by atoms with Crippen LogP contribution in [0.2, 0.25) is 0 Å². The quantitative estimate of drug-likeness (QED) is 0.487. The molecule has 0 unspecified atom stereocenters. The smallest absolute Gasteiger partial charge is 0.158 e. The molecule has 0 aliphatic rings. The van der Waals surface area contributed by atoms with Crippen molar-refractivity contribution in [2.75, 3.05) is 0 Å². The molecule has 3 rings (SSSR count). The number of fused-ring (bicyclic) bond motifs is 1. The van der Waals surface area contributed by atoms with Crippen molar-refractivity contribution in [3.05, 3.63) is 53.7 Å². The number of hydrogen-bond donors (Lipinski definition) is 2. The van der Waals surface area contributed by atoms with Crippen molar-refractivity contribution in [2.24, 2.45) is 0 Å². The highest BCUT2D eigenvalue weighted by atomic mass is 16.3. The van der Waals surface area contributed by atoms with Crippen LogP contribution in [-0.4, -0.2) is 15.2 Å². The molecule has 3 nitrogen and oxygen atoms in total. The molecule has 0 aliphatic heterocycles. The van der Waals surface area contributed by atoms with E-state index in [0.717, 1.165) is 40.4 Å². The van der Waals surface area contributed by atoms with Crippen LogP contribution in [0, 0.1) is 0 Å². The molecule has 0 radical (unpaired) electrons. The summed E-state index contributed by atoms with van der Waals surface area (Å²) in [5.74, 6) is -0.211. The summed E-state index contributed by atoms with van der Waals surface area (Å²) in [5.41, 5.74) is 5.37. The molecule has 3 aromatic rings. The molecule has 1 heterocycles. The number of pyridine rings is 1. The number of nitrogens with zero attached hydrogens (tertiary/aromatic N) is 1. The summed E-state index contributed by atoms with van der Waals surface area (Å²) in [7, 11) is 0. The maximum Gasteiger partial charge on any atom is 0.158 e. The first-order valence-electron chi connectivity index (χ1n) is 10.1. The van der Waals surface area contributed by atoms with Crippen LogP contribution in [0.1, 0.15) is 65.5 Å². The van der Waals surface area contributed by atoms with Gasteiger partial charge in [0.2, 0.25) is 0 Å². The molecular formula is C25H31NO2. The predicted molar refractivity (Wildman–Crippen MR) is 117 cm³/mol. The highest BCUT2D eigenvalue weighted by molar-refractivity contribution is 5.97. The molecule has 1 aromatic heterocycles. The maximum absolute atomic E-state index is 10.1. The number of benzene rings is 2. The lowest BCUT2D eigenvalue weighted by Crippen LogP contribution is -2.18. The van der Waals surface area contributed by atoms with E-state index >= 15 is 0 Å². The Morgan fingerprint density at radius 2 is 1.50 bits per heavy atom. The van der Waals surface area contributed by atoms with Gasteiger partial charge in [-0.25, -0.2) is 0 Å². The van der Waals surface area contributed by atoms with Gasteiger partial charge in [-0.2, -0.15) is 0 Å². The van der Waals surface area contributed by atoms with Crippen LogP contribution in [0.5, 0.6) is 11.5 Å². The van der Waals surface area contributed by atoms with E-state index < -0.39 is 0 Å². The number of phenols is 2. The van der Waals surface area contributed by atoms with E-state index in [4.69, 9.17) is 4.98 Å². The van der Waals surface area contributed by atoms with Crippen molar-refractivity contribution in [1.29, 1.82) is 0 Å². The molecular weight excluding hydrogens is 346 g/mol. The van der Waals surface area contributed by atoms with Gasteiger partial charge in [0.05, 0.1) is 5.52 Å². The number of phenolic OH excluding ortho intramolecular Hbond substituents is 2. The molecule has 0 bridgehead atoms. The Morgan fingerprint density at radius 1 is 0.821 bits per heavy atom. The van der Waals surface area contributed by atoms with Crippen LogP contribution in [0.25, 0.3) is 22.0 Å². The predicted octanol–water partition coefficient (Wildman–Crippen LogP) is 6.69. The van der Waals surface area contributed by atoms with Gasteiger partial charge in [0.1, 0.15) is 0 Å². The molecule has 148 valence electrons. The van der Waals surface area contributed by atoms with Gasteiger partial charge in [-0.1, -0.05) is 59.7 Å². The third kappa shape index (κ3) is 3.46. The number of hydrogen-bond acceptors (Lipinski definition) is 3. The summed E-state index contributed by atoms with van der Waals surface area (Å²) in [5, 5.41) is 20.9. The molecule has 0 atom stereocenters. The first-order valence-corrected chi connectivity index (χ1v) is 10.1. The van der Waals surface area contributed by atoms with Crippen LogP contribution in [0.3, 0.4) is 0 Å². The van der Waals surface area contributed by atoms with Crippen LogP contribution < -0.4 is 0 Å². The van der Waals surface area contributed by atoms with E-state index in [9.17, 15) is 10.2 Å². The molecule has 0 fully saturated rings. The van der Waals surface area contributed by atoms with E-state index in [1.165, 1.54) is 5.56 Å². The van der Waals surface area contributed by atoms with E-state index in [1.54, 1.807) is 12.1 Å². The van der Waals surface area contributed by atoms with Crippen molar-refractivity contribution in [3.63, 3.8) is 0 Å². The lowest BCUT2D eigenvalue weighted by Gasteiger charge is -2.28. The lowest BCUT2D eigenvalue weighted by atomic mass is 9.77. The fourth-order valence-electron chi connectivity index (χ4n) is 3.51. The Labute approximate surface area is 168 Å². The molecule has 2 N–H and O–H groups in total. The third-order valence-electron chi connectivity index (χ3n) is 6.41. The van der Waals surface area contributed by atoms with Crippen LogP contribution in [0.4, 0.5) is 0 Å².